The quantitative estimate of drug-likeness (QED) is 0.371. The third-order valence-corrected chi connectivity index (χ3v) is 8.32. The Labute approximate surface area is 206 Å². The first-order chi connectivity index (χ1) is 16.7. The molecule has 5 aromatic rings. The minimum absolute atomic E-state index is 0.0695. The number of H-pyrrole nitrogens is 1. The normalized spacial score (nSPS) is 11.9. The van der Waals surface area contributed by atoms with Gasteiger partial charge < -0.3 is 9.88 Å². The maximum atomic E-state index is 13.4. The number of nitrogens with one attached hydrogen (secondary N) is 2. The molecule has 35 heavy (non-hydrogen) atoms. The number of aromatic nitrogens is 5. The molecule has 0 saturated carbocycles. The Morgan fingerprint density at radius 1 is 1.14 bits per heavy atom. The fraction of sp³-hybridized carbons (Fsp3) is 0.167. The molecular weight excluding hydrogens is 488 g/mol. The number of carbonyl (C=O) groups is 1. The number of hydrogen-bond acceptors (Lipinski definition) is 6. The highest BCUT2D eigenvalue weighted by Crippen LogP contribution is 2.29. The van der Waals surface area contributed by atoms with Gasteiger partial charge in [-0.15, -0.1) is 0 Å². The summed E-state index contributed by atoms with van der Waals surface area (Å²) in [6, 6.07) is 9.68. The van der Waals surface area contributed by atoms with Crippen LogP contribution >= 0.6 is 11.6 Å². The molecule has 3 aromatic heterocycles. The van der Waals surface area contributed by atoms with Gasteiger partial charge in [0, 0.05) is 46.8 Å². The summed E-state index contributed by atoms with van der Waals surface area (Å²) < 4.78 is 28.4. The van der Waals surface area contributed by atoms with Crippen molar-refractivity contribution in [1.29, 1.82) is 0 Å². The van der Waals surface area contributed by atoms with Gasteiger partial charge in [0.15, 0.2) is 0 Å². The zero-order chi connectivity index (χ0) is 24.9. The lowest BCUT2D eigenvalue weighted by Crippen LogP contribution is -2.25. The zero-order valence-corrected chi connectivity index (χ0v) is 20.7. The van der Waals surface area contributed by atoms with Gasteiger partial charge in [-0.1, -0.05) is 11.6 Å². The number of aryl methyl sites for hydroxylation is 1. The molecule has 0 saturated heterocycles. The van der Waals surface area contributed by atoms with Gasteiger partial charge in [0.05, 0.1) is 27.0 Å². The predicted octanol–water partition coefficient (Wildman–Crippen LogP) is 3.88. The largest absolute Gasteiger partial charge is 0.347 e. The Morgan fingerprint density at radius 3 is 2.74 bits per heavy atom. The second-order valence-electron chi connectivity index (χ2n) is 8.22. The molecule has 0 spiro atoms. The molecule has 178 valence electrons. The Morgan fingerprint density at radius 2 is 1.94 bits per heavy atom. The van der Waals surface area contributed by atoms with E-state index in [0.717, 1.165) is 16.4 Å². The summed E-state index contributed by atoms with van der Waals surface area (Å²) in [6.07, 6.45) is 3.25. The van der Waals surface area contributed by atoms with Gasteiger partial charge in [-0.25, -0.2) is 18.4 Å². The zero-order valence-electron chi connectivity index (χ0n) is 19.1. The first-order valence-electron chi connectivity index (χ1n) is 10.7. The number of aromatic amines is 1. The molecule has 3 heterocycles. The molecule has 11 heteroatoms. The molecule has 1 amide bonds. The topological polar surface area (TPSA) is 123 Å². The van der Waals surface area contributed by atoms with E-state index in [4.69, 9.17) is 11.6 Å². The number of hydrogen-bond donors (Lipinski definition) is 2. The number of sulfone groups is 1. The number of benzene rings is 2. The predicted molar refractivity (Wildman–Crippen MR) is 132 cm³/mol. The van der Waals surface area contributed by atoms with Gasteiger partial charge in [-0.05, 0) is 50.2 Å². The van der Waals surface area contributed by atoms with Crippen LogP contribution in [0.2, 0.25) is 5.02 Å². The third kappa shape index (κ3) is 3.94. The van der Waals surface area contributed by atoms with Gasteiger partial charge in [0.25, 0.3) is 5.91 Å². The van der Waals surface area contributed by atoms with Gasteiger partial charge in [-0.3, -0.25) is 9.89 Å². The van der Waals surface area contributed by atoms with E-state index in [9.17, 15) is 13.2 Å². The fourth-order valence-corrected chi connectivity index (χ4v) is 5.85. The first kappa shape index (κ1) is 23.0. The first-order valence-corrected chi connectivity index (χ1v) is 12.6. The average molecular weight is 509 g/mol. The monoisotopic (exact) mass is 508 g/mol. The molecule has 9 nitrogen and oxygen atoms in total. The molecule has 0 radical (unpaired) electrons. The van der Waals surface area contributed by atoms with Crippen LogP contribution in [0.15, 0.2) is 58.6 Å². The van der Waals surface area contributed by atoms with Gasteiger partial charge in [-0.2, -0.15) is 5.10 Å². The Balaban J connectivity index is 1.45. The number of amides is 1. The number of carbonyl (C=O) groups excluding carboxylic acids is 1. The van der Waals surface area contributed by atoms with E-state index in [1.54, 1.807) is 62.1 Å². The number of nitrogens with zero attached hydrogens (tertiary/aromatic N) is 4. The van der Waals surface area contributed by atoms with Crippen LogP contribution in [0.1, 0.15) is 27.6 Å². The average Bonchev–Trinajstić information content (AvgIpc) is 3.42. The van der Waals surface area contributed by atoms with E-state index in [1.165, 1.54) is 12.1 Å². The van der Waals surface area contributed by atoms with E-state index < -0.39 is 15.7 Å². The van der Waals surface area contributed by atoms with Crippen LogP contribution in [0.4, 0.5) is 0 Å². The molecule has 2 aromatic carbocycles. The van der Waals surface area contributed by atoms with Crippen molar-refractivity contribution in [2.45, 2.75) is 30.2 Å². The molecule has 0 unspecified atom stereocenters. The Hall–Kier alpha value is -3.76. The fourth-order valence-electron chi connectivity index (χ4n) is 4.04. The maximum absolute atomic E-state index is 13.4. The molecule has 0 fully saturated rings. The van der Waals surface area contributed by atoms with Crippen LogP contribution in [0.3, 0.4) is 0 Å². The summed E-state index contributed by atoms with van der Waals surface area (Å²) in [5.41, 5.74) is 2.82. The smallest absolute Gasteiger partial charge is 0.268 e. The molecule has 0 aliphatic rings. The summed E-state index contributed by atoms with van der Waals surface area (Å²) >= 11 is 6.40. The van der Waals surface area contributed by atoms with Crippen molar-refractivity contribution in [3.63, 3.8) is 0 Å². The highest BCUT2D eigenvalue weighted by atomic mass is 35.5. The van der Waals surface area contributed by atoms with Gasteiger partial charge in [0.1, 0.15) is 11.5 Å². The SMILES string of the molecule is Cc1ncc2c(CNC(=O)c3cc(S(=O)(=O)c4ccc5[nH]ncc5c4)c(C)n3C)c(Cl)ccc2n1. The second-order valence-corrected chi connectivity index (χ2v) is 10.5. The summed E-state index contributed by atoms with van der Waals surface area (Å²) in [5.74, 6) is 0.207. The third-order valence-electron chi connectivity index (χ3n) is 6.10. The van der Waals surface area contributed by atoms with Crippen molar-refractivity contribution in [1.82, 2.24) is 30.0 Å². The van der Waals surface area contributed by atoms with Crippen LogP contribution in [-0.2, 0) is 23.4 Å². The van der Waals surface area contributed by atoms with Crippen molar-refractivity contribution < 1.29 is 13.2 Å². The van der Waals surface area contributed by atoms with Crippen LogP contribution < -0.4 is 5.32 Å². The molecular formula is C24H21ClN6O3S. The van der Waals surface area contributed by atoms with Crippen LogP contribution in [-0.4, -0.2) is 39.1 Å². The number of rotatable bonds is 5. The van der Waals surface area contributed by atoms with Gasteiger partial charge >= 0.3 is 0 Å². The number of fused-ring (bicyclic) bond motifs is 2. The summed E-state index contributed by atoms with van der Waals surface area (Å²) in [6.45, 7) is 3.60. The maximum Gasteiger partial charge on any atom is 0.268 e. The van der Waals surface area contributed by atoms with E-state index >= 15 is 0 Å². The van der Waals surface area contributed by atoms with Crippen LogP contribution in [0.25, 0.3) is 21.8 Å². The number of halogens is 1. The molecule has 0 aliphatic carbocycles. The van der Waals surface area contributed by atoms with Crippen LogP contribution in [0, 0.1) is 13.8 Å². The minimum Gasteiger partial charge on any atom is -0.347 e. The highest BCUT2D eigenvalue weighted by molar-refractivity contribution is 7.91. The van der Waals surface area contributed by atoms with Crippen molar-refractivity contribution in [2.24, 2.45) is 7.05 Å². The molecule has 0 aliphatic heterocycles. The summed E-state index contributed by atoms with van der Waals surface area (Å²) in [4.78, 5) is 21.9. The van der Waals surface area contributed by atoms with Crippen molar-refractivity contribution in [3.8, 4) is 0 Å². The molecule has 0 atom stereocenters. The van der Waals surface area contributed by atoms with E-state index in [2.05, 4.69) is 25.5 Å². The van der Waals surface area contributed by atoms with Crippen LogP contribution in [0.5, 0.6) is 0 Å². The minimum atomic E-state index is -3.86. The molecule has 2 N–H and O–H groups in total. The van der Waals surface area contributed by atoms with E-state index in [0.29, 0.717) is 27.5 Å². The Bertz CT molecular complexity index is 1740. The van der Waals surface area contributed by atoms with Crippen molar-refractivity contribution in [3.05, 3.63) is 76.6 Å². The summed E-state index contributed by atoms with van der Waals surface area (Å²) in [5, 5.41) is 11.5. The highest BCUT2D eigenvalue weighted by Gasteiger charge is 2.26. The lowest BCUT2D eigenvalue weighted by Gasteiger charge is -2.11. The Kier molecular flexibility index (Phi) is 5.57. The second kappa shape index (κ2) is 8.47. The van der Waals surface area contributed by atoms with Gasteiger partial charge in [0.2, 0.25) is 9.84 Å². The van der Waals surface area contributed by atoms with Crippen molar-refractivity contribution in [2.75, 3.05) is 0 Å². The van der Waals surface area contributed by atoms with E-state index in [-0.39, 0.29) is 22.0 Å². The lowest BCUT2D eigenvalue weighted by atomic mass is 10.1. The molecule has 0 bridgehead atoms. The molecule has 5 rings (SSSR count). The standard InChI is InChI=1S/C24H21ClN6O3S/c1-13-23(35(33,34)16-4-6-20-15(8-16)10-28-30-20)9-22(31(13)3)24(32)27-11-17-18-12-26-14(2)29-21(18)7-5-19(17)25/h4-10,12H,11H2,1-3H3,(H,27,32)(H,28,30). The van der Waals surface area contributed by atoms with E-state index in [1.807, 2.05) is 0 Å². The lowest BCUT2D eigenvalue weighted by molar-refractivity contribution is 0.0942. The summed E-state index contributed by atoms with van der Waals surface area (Å²) in [7, 11) is -2.20. The van der Waals surface area contributed by atoms with Crippen molar-refractivity contribution >= 4 is 49.2 Å².